The highest BCUT2D eigenvalue weighted by Gasteiger charge is 2.44. The van der Waals surface area contributed by atoms with Crippen molar-refractivity contribution in [3.8, 4) is 5.88 Å². The van der Waals surface area contributed by atoms with Crippen LogP contribution in [0.25, 0.3) is 11.0 Å². The molecule has 0 saturated heterocycles. The van der Waals surface area contributed by atoms with Crippen LogP contribution in [0.5, 0.6) is 5.88 Å². The van der Waals surface area contributed by atoms with Gasteiger partial charge in [-0.25, -0.2) is 4.79 Å². The van der Waals surface area contributed by atoms with Crippen LogP contribution in [0, 0.1) is 11.3 Å². The molecule has 0 unspecified atom stereocenters. The lowest BCUT2D eigenvalue weighted by Gasteiger charge is -2.49. The third-order valence-corrected chi connectivity index (χ3v) is 12.6. The van der Waals surface area contributed by atoms with Gasteiger partial charge in [0.2, 0.25) is 5.88 Å². The zero-order valence-electron chi connectivity index (χ0n) is 31.9. The Hall–Kier alpha value is -4.36. The lowest BCUT2D eigenvalue weighted by atomic mass is 9.56. The van der Waals surface area contributed by atoms with Crippen LogP contribution in [-0.2, 0) is 17.9 Å². The number of nitrogens with zero attached hydrogens (tertiary/aromatic N) is 3. The standard InChI is InChI=1S/C46H55N3O4/c1-30(2)38-12-5-6-13-39(38)36-11-7-9-33(23-36)22-35-26-46(27-35)18-8-10-32(16-19-46)21-34-14-15-40(45(51)52-4)41(24-34)49-28-31(3)53-44-42(49)25-37-17-20-48(29-50)43(37)47-44/h5-6,10,12-15,17,20,23-25,30-31,35-36,50H,7-9,11,16,18-19,21-22,26-29H2,1-4H3/t31-,35?,36-,46?/m1/s1. The normalized spacial score (nSPS) is 24.3. The fourth-order valence-electron chi connectivity index (χ4n) is 10.0. The minimum absolute atomic E-state index is 0.149. The van der Waals surface area contributed by atoms with Crippen molar-refractivity contribution in [3.05, 3.63) is 106 Å². The molecule has 2 aromatic heterocycles. The summed E-state index contributed by atoms with van der Waals surface area (Å²) in [5.41, 5.74) is 10.8. The number of aliphatic hydroxyl groups excluding tert-OH is 1. The second-order valence-electron chi connectivity index (χ2n) is 16.7. The summed E-state index contributed by atoms with van der Waals surface area (Å²) in [7, 11) is 1.44. The summed E-state index contributed by atoms with van der Waals surface area (Å²) in [5, 5.41) is 10.7. The average Bonchev–Trinajstić information content (AvgIpc) is 3.44. The van der Waals surface area contributed by atoms with Crippen LogP contribution >= 0.6 is 0 Å². The fourth-order valence-corrected chi connectivity index (χ4v) is 10.0. The van der Waals surface area contributed by atoms with Gasteiger partial charge in [0.25, 0.3) is 0 Å². The molecule has 4 aliphatic rings. The fraction of sp³-hybridized carbons (Fsp3) is 0.478. The SMILES string of the molecule is COC(=O)c1ccc(CC2=CCCC3(CC2)CC(CC2=C[C@H](c4ccccc4C(C)C)CCC2)C3)cc1N1C[C@@H](C)Oc2nc3c(ccn3CO)cc21. The maximum atomic E-state index is 13.1. The number of allylic oxidation sites excluding steroid dienone is 4. The van der Waals surface area contributed by atoms with Gasteiger partial charge in [0.1, 0.15) is 24.2 Å². The van der Waals surface area contributed by atoms with Crippen LogP contribution in [-0.4, -0.2) is 40.4 Å². The number of fused-ring (bicyclic) bond motifs is 2. The Kier molecular flexibility index (Phi) is 9.97. The van der Waals surface area contributed by atoms with Gasteiger partial charge >= 0.3 is 5.97 Å². The first-order chi connectivity index (χ1) is 25.7. The number of anilines is 2. The number of benzene rings is 2. The summed E-state index contributed by atoms with van der Waals surface area (Å²) in [6.45, 7) is 7.08. The molecule has 7 nitrogen and oxygen atoms in total. The van der Waals surface area contributed by atoms with Gasteiger partial charge in [-0.15, -0.1) is 0 Å². The van der Waals surface area contributed by atoms with Crippen LogP contribution in [0.3, 0.4) is 0 Å². The Morgan fingerprint density at radius 2 is 1.91 bits per heavy atom. The van der Waals surface area contributed by atoms with Crippen molar-refractivity contribution < 1.29 is 19.4 Å². The lowest BCUT2D eigenvalue weighted by Crippen LogP contribution is -2.37. The van der Waals surface area contributed by atoms with Gasteiger partial charge in [-0.3, -0.25) is 0 Å². The molecule has 1 spiro atoms. The van der Waals surface area contributed by atoms with Gasteiger partial charge in [-0.05, 0) is 136 Å². The molecule has 1 aliphatic heterocycles. The molecule has 8 rings (SSSR count). The van der Waals surface area contributed by atoms with Gasteiger partial charge in [-0.1, -0.05) is 67.5 Å². The Balaban J connectivity index is 0.948. The van der Waals surface area contributed by atoms with Crippen molar-refractivity contribution in [1.82, 2.24) is 9.55 Å². The summed E-state index contributed by atoms with van der Waals surface area (Å²) < 4.78 is 13.1. The maximum absolute atomic E-state index is 13.1. The molecule has 0 amide bonds. The monoisotopic (exact) mass is 713 g/mol. The molecule has 4 aromatic rings. The summed E-state index contributed by atoms with van der Waals surface area (Å²) >= 11 is 0. The second kappa shape index (κ2) is 14.8. The number of ether oxygens (including phenoxy) is 2. The second-order valence-corrected chi connectivity index (χ2v) is 16.7. The number of carbonyl (C=O) groups excluding carboxylic acids is 1. The van der Waals surface area contributed by atoms with Crippen LogP contribution in [0.15, 0.2) is 84.1 Å². The Morgan fingerprint density at radius 3 is 2.72 bits per heavy atom. The number of hydrogen-bond donors (Lipinski definition) is 1. The van der Waals surface area contributed by atoms with Gasteiger partial charge in [0.15, 0.2) is 0 Å². The first kappa shape index (κ1) is 35.7. The van der Waals surface area contributed by atoms with Crippen LogP contribution in [0.4, 0.5) is 11.4 Å². The number of carbonyl (C=O) groups is 1. The van der Waals surface area contributed by atoms with Crippen molar-refractivity contribution >= 4 is 28.4 Å². The van der Waals surface area contributed by atoms with E-state index in [2.05, 4.69) is 67.3 Å². The van der Waals surface area contributed by atoms with Crippen molar-refractivity contribution in [2.24, 2.45) is 11.3 Å². The van der Waals surface area contributed by atoms with Crippen LogP contribution in [0.2, 0.25) is 0 Å². The summed E-state index contributed by atoms with van der Waals surface area (Å²) in [6.07, 6.45) is 20.5. The van der Waals surface area contributed by atoms with Gasteiger partial charge in [-0.2, -0.15) is 4.98 Å². The van der Waals surface area contributed by atoms with E-state index in [1.165, 1.54) is 75.2 Å². The molecule has 53 heavy (non-hydrogen) atoms. The minimum Gasteiger partial charge on any atom is -0.471 e. The molecule has 1 fully saturated rings. The predicted molar refractivity (Wildman–Crippen MR) is 212 cm³/mol. The van der Waals surface area contributed by atoms with E-state index in [9.17, 15) is 9.90 Å². The number of aliphatic hydroxyl groups is 1. The van der Waals surface area contributed by atoms with E-state index in [1.807, 2.05) is 31.3 Å². The molecule has 0 bridgehead atoms. The van der Waals surface area contributed by atoms with Crippen molar-refractivity contribution in [1.29, 1.82) is 0 Å². The third-order valence-electron chi connectivity index (χ3n) is 12.6. The van der Waals surface area contributed by atoms with E-state index in [-0.39, 0.29) is 18.8 Å². The smallest absolute Gasteiger partial charge is 0.339 e. The molecule has 0 radical (unpaired) electrons. The molecule has 7 heteroatoms. The topological polar surface area (TPSA) is 76.8 Å². The highest BCUT2D eigenvalue weighted by Crippen LogP contribution is 2.56. The zero-order valence-corrected chi connectivity index (χ0v) is 31.9. The van der Waals surface area contributed by atoms with Gasteiger partial charge in [0.05, 0.1) is 24.9 Å². The van der Waals surface area contributed by atoms with E-state index >= 15 is 0 Å². The molecular formula is C46H55N3O4. The first-order valence-corrected chi connectivity index (χ1v) is 19.9. The molecule has 3 heterocycles. The van der Waals surface area contributed by atoms with Crippen molar-refractivity contribution in [3.63, 3.8) is 0 Å². The Morgan fingerprint density at radius 1 is 1.06 bits per heavy atom. The summed E-state index contributed by atoms with van der Waals surface area (Å²) in [4.78, 5) is 20.1. The average molecular weight is 714 g/mol. The summed E-state index contributed by atoms with van der Waals surface area (Å²) in [5.74, 6) is 2.10. The van der Waals surface area contributed by atoms with Crippen molar-refractivity contribution in [2.75, 3.05) is 18.6 Å². The van der Waals surface area contributed by atoms with E-state index in [4.69, 9.17) is 14.5 Å². The molecule has 1 saturated carbocycles. The highest BCUT2D eigenvalue weighted by molar-refractivity contribution is 5.98. The minimum atomic E-state index is -0.359. The Bertz CT molecular complexity index is 2050. The molecule has 3 aliphatic carbocycles. The van der Waals surface area contributed by atoms with Crippen molar-refractivity contribution in [2.45, 2.75) is 116 Å². The third kappa shape index (κ3) is 7.17. The van der Waals surface area contributed by atoms with Gasteiger partial charge < -0.3 is 24.0 Å². The quantitative estimate of drug-likeness (QED) is 0.137. The molecular weight excluding hydrogens is 659 g/mol. The highest BCUT2D eigenvalue weighted by atomic mass is 16.5. The van der Waals surface area contributed by atoms with Gasteiger partial charge in [0, 0.05) is 17.5 Å². The number of rotatable bonds is 9. The number of aromatic nitrogens is 2. The number of pyridine rings is 1. The van der Waals surface area contributed by atoms with Crippen LogP contribution in [0.1, 0.15) is 124 Å². The molecule has 2 atom stereocenters. The maximum Gasteiger partial charge on any atom is 0.339 e. The van der Waals surface area contributed by atoms with Crippen LogP contribution < -0.4 is 9.64 Å². The van der Waals surface area contributed by atoms with E-state index < -0.39 is 0 Å². The van der Waals surface area contributed by atoms with E-state index in [0.29, 0.717) is 40.9 Å². The summed E-state index contributed by atoms with van der Waals surface area (Å²) in [6, 6.07) is 19.3. The molecule has 1 N–H and O–H groups in total. The van der Waals surface area contributed by atoms with E-state index in [1.54, 1.807) is 15.7 Å². The zero-order chi connectivity index (χ0) is 36.7. The van der Waals surface area contributed by atoms with E-state index in [0.717, 1.165) is 41.9 Å². The molecule has 2 aromatic carbocycles. The molecule has 278 valence electrons. The number of methoxy groups -OCH3 is 1. The first-order valence-electron chi connectivity index (χ1n) is 19.9. The largest absolute Gasteiger partial charge is 0.471 e. The Labute approximate surface area is 314 Å². The number of hydrogen-bond acceptors (Lipinski definition) is 6. The number of esters is 1. The predicted octanol–water partition coefficient (Wildman–Crippen LogP) is 10.5. The lowest BCUT2D eigenvalue weighted by molar-refractivity contribution is 0.0382.